The summed E-state index contributed by atoms with van der Waals surface area (Å²) in [6.07, 6.45) is 4.03. The van der Waals surface area contributed by atoms with Gasteiger partial charge in [-0.3, -0.25) is 19.0 Å². The summed E-state index contributed by atoms with van der Waals surface area (Å²) in [5.41, 5.74) is -0.399. The predicted octanol–water partition coefficient (Wildman–Crippen LogP) is 4.15. The predicted molar refractivity (Wildman–Crippen MR) is 151 cm³/mol. The normalized spacial score (nSPS) is 11.1. The fourth-order valence-corrected chi connectivity index (χ4v) is 4.40. The summed E-state index contributed by atoms with van der Waals surface area (Å²) in [7, 11) is 1.59. The molecular weight excluding hydrogens is 548 g/mol. The number of halogens is 2. The molecule has 0 atom stereocenters. The van der Waals surface area contributed by atoms with Crippen LogP contribution in [0.25, 0.3) is 11.2 Å². The molecule has 42 heavy (non-hydrogen) atoms. The van der Waals surface area contributed by atoms with E-state index in [2.05, 4.69) is 5.10 Å². The molecule has 12 heteroatoms. The molecule has 0 radical (unpaired) electrons. The summed E-state index contributed by atoms with van der Waals surface area (Å²) in [4.78, 5) is 52.6. The molecule has 0 saturated heterocycles. The Labute approximate surface area is 237 Å². The summed E-state index contributed by atoms with van der Waals surface area (Å²) in [6, 6.07) is 12.0. The number of aryl methyl sites for hydroxylation is 1. The maximum atomic E-state index is 15.2. The highest BCUT2D eigenvalue weighted by Gasteiger charge is 2.20. The van der Waals surface area contributed by atoms with E-state index < -0.39 is 28.7 Å². The van der Waals surface area contributed by atoms with Crippen molar-refractivity contribution in [1.29, 1.82) is 0 Å². The number of carbonyl (C=O) groups excluding carboxylic acids is 2. The number of hydrogen-bond donors (Lipinski definition) is 0. The van der Waals surface area contributed by atoms with Crippen molar-refractivity contribution in [2.24, 2.45) is 0 Å². The van der Waals surface area contributed by atoms with E-state index in [-0.39, 0.29) is 47.2 Å². The zero-order valence-electron chi connectivity index (χ0n) is 22.9. The van der Waals surface area contributed by atoms with Gasteiger partial charge in [0.1, 0.15) is 16.9 Å². The molecule has 0 N–H and O–H groups in total. The molecule has 0 bridgehead atoms. The fourth-order valence-electron chi connectivity index (χ4n) is 4.40. The second-order valence-electron chi connectivity index (χ2n) is 9.50. The van der Waals surface area contributed by atoms with Crippen LogP contribution in [0.4, 0.5) is 14.5 Å². The zero-order chi connectivity index (χ0) is 30.1. The van der Waals surface area contributed by atoms with Gasteiger partial charge in [-0.2, -0.15) is 5.10 Å². The van der Waals surface area contributed by atoms with Gasteiger partial charge in [-0.15, -0.1) is 0 Å². The number of carbonyl (C=O) groups is 2. The number of anilines is 1. The number of pyridine rings is 1. The van der Waals surface area contributed by atoms with Crippen molar-refractivity contribution in [3.05, 3.63) is 117 Å². The molecule has 0 fully saturated rings. The Morgan fingerprint density at radius 1 is 0.976 bits per heavy atom. The third-order valence-corrected chi connectivity index (χ3v) is 6.78. The van der Waals surface area contributed by atoms with Gasteiger partial charge in [0.15, 0.2) is 23.1 Å². The van der Waals surface area contributed by atoms with Crippen molar-refractivity contribution in [3.63, 3.8) is 0 Å². The van der Waals surface area contributed by atoms with Crippen LogP contribution in [0.15, 0.2) is 82.8 Å². The molecule has 0 aliphatic rings. The van der Waals surface area contributed by atoms with Crippen LogP contribution in [0.5, 0.6) is 11.5 Å². The highest BCUT2D eigenvalue weighted by Crippen LogP contribution is 2.32. The fraction of sp³-hybridized carbons (Fsp3) is 0.167. The highest BCUT2D eigenvalue weighted by molar-refractivity contribution is 5.97. The molecule has 0 saturated carbocycles. The van der Waals surface area contributed by atoms with Crippen LogP contribution in [0.1, 0.15) is 29.8 Å². The first-order chi connectivity index (χ1) is 20.1. The third-order valence-electron chi connectivity index (χ3n) is 6.78. The molecule has 0 aliphatic carbocycles. The molecule has 0 spiro atoms. The van der Waals surface area contributed by atoms with Gasteiger partial charge < -0.3 is 9.64 Å². The maximum absolute atomic E-state index is 15.2. The van der Waals surface area contributed by atoms with Crippen LogP contribution in [-0.4, -0.2) is 37.5 Å². The average molecular weight is 574 g/mol. The molecule has 10 nitrogen and oxygen atoms in total. The Bertz CT molecular complexity index is 1960. The number of hydrogen-bond acceptors (Lipinski definition) is 6. The number of Topliss-reactive ketones (excluding diaryl/α,β-unsaturated/α-hetero) is 1. The van der Waals surface area contributed by atoms with Gasteiger partial charge in [0, 0.05) is 39.2 Å². The van der Waals surface area contributed by atoms with Crippen molar-refractivity contribution in [1.82, 2.24) is 18.7 Å². The second-order valence-corrected chi connectivity index (χ2v) is 9.50. The molecule has 0 unspecified atom stereocenters. The van der Waals surface area contributed by atoms with Crippen molar-refractivity contribution < 1.29 is 23.1 Å². The minimum Gasteiger partial charge on any atom is -0.452 e. The summed E-state index contributed by atoms with van der Waals surface area (Å²) in [5.74, 6) is -2.03. The van der Waals surface area contributed by atoms with E-state index >= 15 is 4.39 Å². The lowest BCUT2D eigenvalue weighted by Crippen LogP contribution is -2.41. The van der Waals surface area contributed by atoms with Crippen LogP contribution >= 0.6 is 0 Å². The Balaban J connectivity index is 1.44. The van der Waals surface area contributed by atoms with E-state index in [1.807, 2.05) is 0 Å². The molecule has 214 valence electrons. The van der Waals surface area contributed by atoms with E-state index in [9.17, 15) is 23.6 Å². The van der Waals surface area contributed by atoms with E-state index in [1.165, 1.54) is 57.6 Å². The van der Waals surface area contributed by atoms with E-state index in [0.29, 0.717) is 11.2 Å². The first-order valence-electron chi connectivity index (χ1n) is 12.9. The summed E-state index contributed by atoms with van der Waals surface area (Å²) < 4.78 is 38.0. The van der Waals surface area contributed by atoms with Gasteiger partial charge in [-0.05, 0) is 55.0 Å². The van der Waals surface area contributed by atoms with Crippen LogP contribution in [0, 0.1) is 11.6 Å². The monoisotopic (exact) mass is 573 g/mol. The minimum absolute atomic E-state index is 0.113. The van der Waals surface area contributed by atoms with Crippen LogP contribution < -0.4 is 20.9 Å². The van der Waals surface area contributed by atoms with Gasteiger partial charge in [0.2, 0.25) is 5.91 Å². The van der Waals surface area contributed by atoms with Crippen molar-refractivity contribution in [3.8, 4) is 17.2 Å². The third kappa shape index (κ3) is 5.33. The maximum Gasteiger partial charge on any atom is 0.335 e. The quantitative estimate of drug-likeness (QED) is 0.258. The summed E-state index contributed by atoms with van der Waals surface area (Å²) in [5, 5.41) is 4.18. The van der Waals surface area contributed by atoms with Crippen molar-refractivity contribution in [2.45, 2.75) is 26.8 Å². The number of amides is 1. The van der Waals surface area contributed by atoms with Crippen LogP contribution in [-0.2, 0) is 17.8 Å². The lowest BCUT2D eigenvalue weighted by atomic mass is 10.0. The highest BCUT2D eigenvalue weighted by atomic mass is 19.1. The largest absolute Gasteiger partial charge is 0.452 e. The first kappa shape index (κ1) is 28.1. The Hall–Kier alpha value is -5.39. The number of benzene rings is 2. The van der Waals surface area contributed by atoms with Crippen molar-refractivity contribution in [2.75, 3.05) is 11.9 Å². The molecule has 5 aromatic rings. The summed E-state index contributed by atoms with van der Waals surface area (Å²) in [6.45, 7) is 3.26. The molecule has 3 aromatic heterocycles. The molecule has 3 heterocycles. The number of nitrogens with zero attached hydrogens (tertiary/aromatic N) is 5. The Morgan fingerprint density at radius 2 is 1.71 bits per heavy atom. The van der Waals surface area contributed by atoms with Crippen LogP contribution in [0.3, 0.4) is 0 Å². The van der Waals surface area contributed by atoms with Gasteiger partial charge in [-0.1, -0.05) is 6.07 Å². The Morgan fingerprint density at radius 3 is 2.38 bits per heavy atom. The number of aromatic nitrogens is 4. The number of ether oxygens (including phenoxy) is 1. The molecule has 1 amide bonds. The van der Waals surface area contributed by atoms with E-state index in [0.717, 1.165) is 22.8 Å². The molecular formula is C30H25F2N5O5. The Kier molecular flexibility index (Phi) is 7.53. The van der Waals surface area contributed by atoms with Crippen LogP contribution in [0.2, 0.25) is 0 Å². The second kappa shape index (κ2) is 11.2. The summed E-state index contributed by atoms with van der Waals surface area (Å²) >= 11 is 0. The van der Waals surface area contributed by atoms with E-state index in [4.69, 9.17) is 4.74 Å². The average Bonchev–Trinajstić information content (AvgIpc) is 3.44. The molecule has 5 rings (SSSR count). The lowest BCUT2D eigenvalue weighted by molar-refractivity contribution is -0.116. The lowest BCUT2D eigenvalue weighted by Gasteiger charge is -2.17. The van der Waals surface area contributed by atoms with Gasteiger partial charge >= 0.3 is 5.69 Å². The van der Waals surface area contributed by atoms with Gasteiger partial charge in [0.25, 0.3) is 5.56 Å². The van der Waals surface area contributed by atoms with E-state index in [1.54, 1.807) is 32.3 Å². The topological polar surface area (TPSA) is 108 Å². The number of ketones is 1. The number of fused-ring (bicyclic) bond motifs is 1. The van der Waals surface area contributed by atoms with Crippen molar-refractivity contribution >= 4 is 22.9 Å². The molecule has 2 aromatic carbocycles. The zero-order valence-corrected chi connectivity index (χ0v) is 22.9. The smallest absolute Gasteiger partial charge is 0.335 e. The number of rotatable bonds is 8. The standard InChI is InChI=1S/C30H25F2N5O5/c1-4-35-17-23(29(40)37(30(35)41)21-8-6-20(31)7-9-21)26(39)14-19-5-10-27(24(32)13-19)42-28-15-22(34(3)18(2)38)16-36-25(28)11-12-33-36/h5-13,15-17H,4,14H2,1-3H3. The SMILES string of the molecule is CCn1cc(C(=O)Cc2ccc(Oc3cc(N(C)C(C)=O)cn4nccc34)c(F)c2)c(=O)n(-c2ccc(F)cc2)c1=O. The van der Waals surface area contributed by atoms with Gasteiger partial charge in [0.05, 0.1) is 23.8 Å². The first-order valence-corrected chi connectivity index (χ1v) is 12.9. The van der Waals surface area contributed by atoms with Gasteiger partial charge in [-0.25, -0.2) is 22.7 Å². The molecule has 0 aliphatic heterocycles. The minimum atomic E-state index is -0.859.